The molecule has 0 saturated carbocycles. The first-order chi connectivity index (χ1) is 53.3. The van der Waals surface area contributed by atoms with Gasteiger partial charge in [-0.3, -0.25) is 9.97 Å². The summed E-state index contributed by atoms with van der Waals surface area (Å²) >= 11 is 3.51. The molecule has 0 atom stereocenters. The summed E-state index contributed by atoms with van der Waals surface area (Å²) in [4.78, 5) is 28.2. The molecule has 0 amide bonds. The minimum Gasteiger partial charge on any atom is -0.423 e. The van der Waals surface area contributed by atoms with Crippen LogP contribution in [0.3, 0.4) is 0 Å². The number of pyridine rings is 2. The maximum absolute atomic E-state index is 9.92. The summed E-state index contributed by atoms with van der Waals surface area (Å²) in [6.45, 7) is 0. The molecule has 0 aliphatic heterocycles. The molecule has 8 nitrogen and oxygen atoms in total. The van der Waals surface area contributed by atoms with E-state index in [4.69, 9.17) is 19.9 Å². The predicted octanol–water partition coefficient (Wildman–Crippen LogP) is 24.1. The van der Waals surface area contributed by atoms with Gasteiger partial charge in [-0.25, -0.2) is 19.9 Å². The second-order valence-electron chi connectivity index (χ2n) is 26.7. The Kier molecular flexibility index (Phi) is 18.0. The van der Waals surface area contributed by atoms with Crippen LogP contribution in [0.5, 0.6) is 0 Å². The topological polar surface area (TPSA) is 118 Å². The summed E-state index contributed by atoms with van der Waals surface area (Å²) in [6.07, 6.45) is 7.27. The van der Waals surface area contributed by atoms with Gasteiger partial charge in [0.2, 0.25) is 0 Å². The lowest BCUT2D eigenvalue weighted by Gasteiger charge is -2.16. The summed E-state index contributed by atoms with van der Waals surface area (Å²) < 4.78 is 1.04. The lowest BCUT2D eigenvalue weighted by atomic mass is 9.75. The van der Waals surface area contributed by atoms with E-state index in [1.807, 2.05) is 146 Å². The maximum atomic E-state index is 9.92. The van der Waals surface area contributed by atoms with Gasteiger partial charge in [0.15, 0.2) is 11.6 Å². The van der Waals surface area contributed by atoms with Gasteiger partial charge in [-0.1, -0.05) is 313 Å². The van der Waals surface area contributed by atoms with Crippen molar-refractivity contribution in [2.24, 2.45) is 0 Å². The summed E-state index contributed by atoms with van der Waals surface area (Å²) in [6, 6.07) is 122. The third kappa shape index (κ3) is 13.0. The van der Waals surface area contributed by atoms with Crippen LogP contribution in [0.25, 0.3) is 187 Å². The Morgan fingerprint density at radius 3 is 0.861 bits per heavy atom. The molecule has 10 heteroatoms. The highest BCUT2D eigenvalue weighted by Crippen LogP contribution is 2.44. The lowest BCUT2D eigenvalue weighted by Crippen LogP contribution is -2.30. The van der Waals surface area contributed by atoms with Crippen molar-refractivity contribution in [3.8, 4) is 101 Å². The van der Waals surface area contributed by atoms with Crippen LogP contribution in [0.15, 0.2) is 381 Å². The van der Waals surface area contributed by atoms with Crippen LogP contribution in [0.2, 0.25) is 0 Å². The average molecular weight is 1450 g/mol. The molecule has 0 unspecified atom stereocenters. The number of nitrogens with zero attached hydrogens (tertiary/aromatic N) is 6. The number of fused-ring (bicyclic) bond motifs is 16. The van der Waals surface area contributed by atoms with Crippen LogP contribution in [-0.2, 0) is 0 Å². The summed E-state index contributed by atoms with van der Waals surface area (Å²) in [5, 5.41) is 38.9. The molecule has 20 rings (SSSR count). The smallest absolute Gasteiger partial charge is 0.423 e. The van der Waals surface area contributed by atoms with E-state index in [1.54, 1.807) is 0 Å². The van der Waals surface area contributed by atoms with Crippen molar-refractivity contribution in [3.63, 3.8) is 0 Å². The van der Waals surface area contributed by atoms with E-state index in [2.05, 4.69) is 256 Å². The average Bonchev–Trinajstić information content (AvgIpc) is 0.727. The first-order valence-electron chi connectivity index (χ1n) is 35.9. The van der Waals surface area contributed by atoms with E-state index in [9.17, 15) is 10.0 Å². The molecule has 0 bridgehead atoms. The van der Waals surface area contributed by atoms with Crippen LogP contribution in [0, 0.1) is 0 Å². The molecule has 0 aliphatic rings. The summed E-state index contributed by atoms with van der Waals surface area (Å²) in [7, 11) is -1.50. The van der Waals surface area contributed by atoms with Crippen molar-refractivity contribution < 1.29 is 10.0 Å². The van der Waals surface area contributed by atoms with Gasteiger partial charge in [-0.2, -0.15) is 0 Å². The van der Waals surface area contributed by atoms with Gasteiger partial charge >= 0.3 is 7.12 Å². The van der Waals surface area contributed by atoms with Gasteiger partial charge < -0.3 is 10.0 Å². The second-order valence-corrected chi connectivity index (χ2v) is 27.7. The Bertz CT molecular complexity index is 6740. The van der Waals surface area contributed by atoms with Crippen molar-refractivity contribution in [1.82, 2.24) is 29.9 Å². The van der Waals surface area contributed by atoms with Gasteiger partial charge in [0.25, 0.3) is 0 Å². The molecule has 0 aliphatic carbocycles. The highest BCUT2D eigenvalue weighted by Gasteiger charge is 2.22. The zero-order chi connectivity index (χ0) is 72.4. The fraction of sp³-hybridized carbons (Fsp3) is 0. The third-order valence-corrected chi connectivity index (χ3v) is 20.9. The van der Waals surface area contributed by atoms with Gasteiger partial charge in [0, 0.05) is 62.6 Å². The zero-order valence-corrected chi connectivity index (χ0v) is 59.9. The molecule has 108 heavy (non-hydrogen) atoms. The number of rotatable bonds is 10. The van der Waals surface area contributed by atoms with E-state index >= 15 is 0 Å². The molecule has 20 aromatic rings. The Labute approximate surface area is 632 Å². The van der Waals surface area contributed by atoms with Gasteiger partial charge in [0.05, 0.1) is 22.8 Å². The van der Waals surface area contributed by atoms with Crippen LogP contribution in [0.4, 0.5) is 0 Å². The van der Waals surface area contributed by atoms with Crippen LogP contribution in [-0.4, -0.2) is 47.1 Å². The molecule has 2 N–H and O–H groups in total. The van der Waals surface area contributed by atoms with Gasteiger partial charge in [-0.05, 0) is 180 Å². The predicted molar refractivity (Wildman–Crippen MR) is 453 cm³/mol. The molecule has 4 heterocycles. The molecule has 0 radical (unpaired) electrons. The zero-order valence-electron chi connectivity index (χ0n) is 58.3. The third-order valence-electron chi connectivity index (χ3n) is 20.3. The number of benzene rings is 16. The van der Waals surface area contributed by atoms with E-state index < -0.39 is 7.12 Å². The van der Waals surface area contributed by atoms with E-state index in [1.165, 1.54) is 70.4 Å². The standard InChI is InChI=1S/C49H31N3.C27H18BrN3.C22H15BO2/c1-2-10-37(11-3-1)49-51-46(35-22-18-32(19-23-35)33-26-28-50-29-27-33)31-47(52-49)36-24-20-34(21-25-36)44-30-45-40-14-5-4-12-38(40)39-13-6-8-16-42(39)48(45)43-17-9-7-15-41(43)44;28-24-12-10-22(11-13-24)26-18-25(30-27(31-26)23-4-2-1-3-5-23)21-8-6-19(7-9-21)20-14-16-29-17-15-20;24-23(25)21-13-20-16-9-2-1-7-14(16)15-8-3-5-11-18(15)22(20)19-12-6-4-10-17(19)21/h1-31H;1-18H;1-13,24-25H. The molecule has 0 saturated heterocycles. The van der Waals surface area contributed by atoms with Crippen molar-refractivity contribution in [2.75, 3.05) is 0 Å². The van der Waals surface area contributed by atoms with E-state index in [0.29, 0.717) is 17.1 Å². The van der Waals surface area contributed by atoms with Gasteiger partial charge in [0.1, 0.15) is 0 Å². The van der Waals surface area contributed by atoms with E-state index in [0.717, 1.165) is 110 Å². The lowest BCUT2D eigenvalue weighted by molar-refractivity contribution is 0.426. The maximum Gasteiger partial charge on any atom is 0.489 e. The minimum absolute atomic E-state index is 0.545. The fourth-order valence-corrected chi connectivity index (χ4v) is 15.4. The quantitative estimate of drug-likeness (QED) is 0.103. The summed E-state index contributed by atoms with van der Waals surface area (Å²) in [5.41, 5.74) is 17.2. The van der Waals surface area contributed by atoms with Crippen LogP contribution < -0.4 is 5.46 Å². The van der Waals surface area contributed by atoms with Crippen molar-refractivity contribution in [2.45, 2.75) is 0 Å². The van der Waals surface area contributed by atoms with Crippen molar-refractivity contribution in [3.05, 3.63) is 381 Å². The SMILES string of the molecule is Brc1ccc(-c2cc(-c3ccc(-c4ccncc4)cc3)nc(-c3ccccc3)n2)cc1.OB(O)c1cc2c3ccccc3c3ccccc3c2c2ccccc12.c1ccc(-c2nc(-c3ccc(-c4ccncc4)cc3)cc(-c3ccc(-c4cc5c6ccccc6c6ccccc6c5c5ccccc45)cc3)n2)cc1. The van der Waals surface area contributed by atoms with Crippen LogP contribution in [0.1, 0.15) is 0 Å². The van der Waals surface area contributed by atoms with Crippen molar-refractivity contribution in [1.29, 1.82) is 0 Å². The molecular weight excluding hydrogens is 1380 g/mol. The Morgan fingerprint density at radius 2 is 0.481 bits per heavy atom. The normalized spacial score (nSPS) is 11.3. The number of aromatic nitrogens is 6. The number of hydrogen-bond donors (Lipinski definition) is 2. The largest absolute Gasteiger partial charge is 0.489 e. The molecular formula is C98H64BBrN6O2. The summed E-state index contributed by atoms with van der Waals surface area (Å²) in [5.74, 6) is 1.42. The first kappa shape index (κ1) is 66.5. The molecule has 16 aromatic carbocycles. The van der Waals surface area contributed by atoms with Gasteiger partial charge in [-0.15, -0.1) is 0 Å². The molecule has 0 spiro atoms. The Morgan fingerprint density at radius 1 is 0.213 bits per heavy atom. The molecule has 0 fully saturated rings. The Balaban J connectivity index is 0.000000125. The monoisotopic (exact) mass is 1450 g/mol. The van der Waals surface area contributed by atoms with Crippen molar-refractivity contribution >= 4 is 115 Å². The Hall–Kier alpha value is -13.5. The first-order valence-corrected chi connectivity index (χ1v) is 36.7. The highest BCUT2D eigenvalue weighted by atomic mass is 79.9. The molecule has 508 valence electrons. The number of hydrogen-bond acceptors (Lipinski definition) is 8. The fourth-order valence-electron chi connectivity index (χ4n) is 15.1. The second kappa shape index (κ2) is 29.2. The highest BCUT2D eigenvalue weighted by molar-refractivity contribution is 9.10. The minimum atomic E-state index is -1.50. The van der Waals surface area contributed by atoms with Crippen LogP contribution >= 0.6 is 15.9 Å². The number of halogens is 1. The molecule has 4 aromatic heterocycles. The van der Waals surface area contributed by atoms with E-state index in [-0.39, 0.29) is 0 Å².